The standard InChI is InChI=1S/C19H27N3O3/c1-20-10-13(4-5-18(20)24)19(25)22-11-14-8-16(21-6-2-3-7-21)17(23)9-15(14)12-22/h4-5,10,14-17,23H,2-3,6-9,11-12H2,1H3/t14-,15+,16-,17-/m1/s1. The van der Waals surface area contributed by atoms with E-state index in [1.54, 1.807) is 19.3 Å². The lowest BCUT2D eigenvalue weighted by Crippen LogP contribution is -2.48. The Balaban J connectivity index is 1.46. The largest absolute Gasteiger partial charge is 0.391 e. The Bertz CT molecular complexity index is 710. The summed E-state index contributed by atoms with van der Waals surface area (Å²) in [5.41, 5.74) is 0.459. The van der Waals surface area contributed by atoms with Gasteiger partial charge >= 0.3 is 0 Å². The third kappa shape index (κ3) is 3.13. The molecule has 1 aromatic rings. The first kappa shape index (κ1) is 16.8. The molecule has 2 saturated heterocycles. The Morgan fingerprint density at radius 1 is 1.12 bits per heavy atom. The molecular weight excluding hydrogens is 318 g/mol. The minimum absolute atomic E-state index is 0.00258. The summed E-state index contributed by atoms with van der Waals surface area (Å²) in [6.45, 7) is 3.68. The van der Waals surface area contributed by atoms with Gasteiger partial charge in [0.25, 0.3) is 5.91 Å². The van der Waals surface area contributed by atoms with Gasteiger partial charge in [-0.15, -0.1) is 0 Å². The third-order valence-electron chi connectivity index (χ3n) is 6.34. The minimum atomic E-state index is -0.271. The van der Waals surface area contributed by atoms with Crippen molar-refractivity contribution in [3.8, 4) is 0 Å². The van der Waals surface area contributed by atoms with Gasteiger partial charge in [0, 0.05) is 38.4 Å². The number of likely N-dealkylation sites (tertiary alicyclic amines) is 2. The van der Waals surface area contributed by atoms with Crippen LogP contribution in [0.5, 0.6) is 0 Å². The zero-order chi connectivity index (χ0) is 17.6. The van der Waals surface area contributed by atoms with E-state index in [0.29, 0.717) is 17.4 Å². The molecule has 3 heterocycles. The first-order chi connectivity index (χ1) is 12.0. The topological polar surface area (TPSA) is 65.8 Å². The van der Waals surface area contributed by atoms with E-state index in [0.717, 1.165) is 39.0 Å². The normalized spacial score (nSPS) is 32.8. The van der Waals surface area contributed by atoms with Crippen molar-refractivity contribution >= 4 is 5.91 Å². The van der Waals surface area contributed by atoms with E-state index in [9.17, 15) is 14.7 Å². The second kappa shape index (κ2) is 6.57. The summed E-state index contributed by atoms with van der Waals surface area (Å²) in [5, 5.41) is 10.6. The molecule has 4 rings (SSSR count). The van der Waals surface area contributed by atoms with Crippen LogP contribution in [0, 0.1) is 11.8 Å². The molecule has 1 aliphatic carbocycles. The molecule has 3 aliphatic rings. The summed E-state index contributed by atoms with van der Waals surface area (Å²) in [4.78, 5) is 28.7. The van der Waals surface area contributed by atoms with Crippen molar-refractivity contribution in [1.82, 2.24) is 14.4 Å². The molecule has 0 unspecified atom stereocenters. The van der Waals surface area contributed by atoms with Crippen LogP contribution in [0.25, 0.3) is 0 Å². The van der Waals surface area contributed by atoms with E-state index in [2.05, 4.69) is 4.90 Å². The van der Waals surface area contributed by atoms with E-state index in [1.807, 2.05) is 4.90 Å². The highest BCUT2D eigenvalue weighted by Gasteiger charge is 2.44. The van der Waals surface area contributed by atoms with Gasteiger partial charge in [-0.2, -0.15) is 0 Å². The van der Waals surface area contributed by atoms with Gasteiger partial charge in [-0.3, -0.25) is 14.5 Å². The van der Waals surface area contributed by atoms with Gasteiger partial charge in [-0.1, -0.05) is 0 Å². The number of fused-ring (bicyclic) bond motifs is 1. The number of aryl methyl sites for hydroxylation is 1. The van der Waals surface area contributed by atoms with Crippen LogP contribution < -0.4 is 5.56 Å². The smallest absolute Gasteiger partial charge is 0.255 e. The molecule has 1 N–H and O–H groups in total. The number of carbonyl (C=O) groups excluding carboxylic acids is 1. The summed E-state index contributed by atoms with van der Waals surface area (Å²) >= 11 is 0. The number of aliphatic hydroxyl groups is 1. The molecule has 1 saturated carbocycles. The van der Waals surface area contributed by atoms with Gasteiger partial charge in [-0.05, 0) is 56.7 Å². The molecule has 0 radical (unpaired) electrons. The summed E-state index contributed by atoms with van der Waals surface area (Å²) in [7, 11) is 1.67. The Morgan fingerprint density at radius 2 is 1.80 bits per heavy atom. The lowest BCUT2D eigenvalue weighted by molar-refractivity contribution is -0.000864. The summed E-state index contributed by atoms with van der Waals surface area (Å²) < 4.78 is 1.45. The fourth-order valence-electron chi connectivity index (χ4n) is 4.94. The predicted octanol–water partition coefficient (Wildman–Crippen LogP) is 0.693. The van der Waals surface area contributed by atoms with Crippen molar-refractivity contribution in [2.75, 3.05) is 26.2 Å². The molecule has 1 amide bonds. The van der Waals surface area contributed by atoms with E-state index in [1.165, 1.54) is 23.5 Å². The molecular formula is C19H27N3O3. The van der Waals surface area contributed by atoms with Crippen molar-refractivity contribution in [1.29, 1.82) is 0 Å². The lowest BCUT2D eigenvalue weighted by atomic mass is 9.77. The number of aromatic nitrogens is 1. The molecule has 6 heteroatoms. The highest BCUT2D eigenvalue weighted by molar-refractivity contribution is 5.94. The zero-order valence-electron chi connectivity index (χ0n) is 14.8. The Hall–Kier alpha value is -1.66. The predicted molar refractivity (Wildman–Crippen MR) is 94.4 cm³/mol. The van der Waals surface area contributed by atoms with Gasteiger partial charge in [0.1, 0.15) is 0 Å². The van der Waals surface area contributed by atoms with Crippen LogP contribution in [-0.4, -0.2) is 63.7 Å². The van der Waals surface area contributed by atoms with Crippen molar-refractivity contribution in [2.24, 2.45) is 18.9 Å². The summed E-state index contributed by atoms with van der Waals surface area (Å²) in [6.07, 6.45) is 5.59. The molecule has 136 valence electrons. The SMILES string of the molecule is Cn1cc(C(=O)N2C[C@H]3C[C@@H](N4CCCC4)[C@H](O)C[C@H]3C2)ccc1=O. The number of hydrogen-bond acceptors (Lipinski definition) is 4. The summed E-state index contributed by atoms with van der Waals surface area (Å²) in [6, 6.07) is 3.33. The summed E-state index contributed by atoms with van der Waals surface area (Å²) in [5.74, 6) is 0.869. The molecule has 3 fully saturated rings. The average molecular weight is 345 g/mol. The first-order valence-corrected chi connectivity index (χ1v) is 9.41. The van der Waals surface area contributed by atoms with Crippen LogP contribution in [0.1, 0.15) is 36.0 Å². The fraction of sp³-hybridized carbons (Fsp3) is 0.684. The molecule has 0 spiro atoms. The van der Waals surface area contributed by atoms with Crippen LogP contribution >= 0.6 is 0 Å². The van der Waals surface area contributed by atoms with Crippen molar-refractivity contribution in [2.45, 2.75) is 37.8 Å². The molecule has 25 heavy (non-hydrogen) atoms. The van der Waals surface area contributed by atoms with Crippen LogP contribution in [-0.2, 0) is 7.05 Å². The van der Waals surface area contributed by atoms with Gasteiger partial charge < -0.3 is 14.6 Å². The lowest BCUT2D eigenvalue weighted by Gasteiger charge is -2.40. The number of rotatable bonds is 2. The molecule has 0 aromatic carbocycles. The van der Waals surface area contributed by atoms with Crippen molar-refractivity contribution in [3.63, 3.8) is 0 Å². The minimum Gasteiger partial charge on any atom is -0.391 e. The number of nitrogens with zero attached hydrogens (tertiary/aromatic N) is 3. The van der Waals surface area contributed by atoms with Crippen LogP contribution in [0.15, 0.2) is 23.1 Å². The highest BCUT2D eigenvalue weighted by Crippen LogP contribution is 2.39. The number of hydrogen-bond donors (Lipinski definition) is 1. The number of pyridine rings is 1. The molecule has 2 aliphatic heterocycles. The molecule has 0 bridgehead atoms. The van der Waals surface area contributed by atoms with Gasteiger partial charge in [0.15, 0.2) is 0 Å². The van der Waals surface area contributed by atoms with Gasteiger partial charge in [0.05, 0.1) is 11.7 Å². The maximum absolute atomic E-state index is 12.8. The fourth-order valence-corrected chi connectivity index (χ4v) is 4.94. The van der Waals surface area contributed by atoms with Crippen molar-refractivity contribution < 1.29 is 9.90 Å². The monoisotopic (exact) mass is 345 g/mol. The Kier molecular flexibility index (Phi) is 4.41. The first-order valence-electron chi connectivity index (χ1n) is 9.41. The number of amides is 1. The maximum atomic E-state index is 12.8. The number of carbonyl (C=O) groups is 1. The second-order valence-electron chi connectivity index (χ2n) is 7.95. The molecule has 1 aromatic heterocycles. The van der Waals surface area contributed by atoms with E-state index in [-0.39, 0.29) is 23.6 Å². The maximum Gasteiger partial charge on any atom is 0.255 e. The van der Waals surface area contributed by atoms with Crippen LogP contribution in [0.2, 0.25) is 0 Å². The highest BCUT2D eigenvalue weighted by atomic mass is 16.3. The van der Waals surface area contributed by atoms with Gasteiger partial charge in [-0.25, -0.2) is 0 Å². The van der Waals surface area contributed by atoms with Crippen LogP contribution in [0.4, 0.5) is 0 Å². The van der Waals surface area contributed by atoms with E-state index < -0.39 is 0 Å². The van der Waals surface area contributed by atoms with E-state index >= 15 is 0 Å². The quantitative estimate of drug-likeness (QED) is 0.857. The second-order valence-corrected chi connectivity index (χ2v) is 7.95. The number of aliphatic hydroxyl groups excluding tert-OH is 1. The average Bonchev–Trinajstić information content (AvgIpc) is 3.25. The van der Waals surface area contributed by atoms with Crippen LogP contribution in [0.3, 0.4) is 0 Å². The zero-order valence-corrected chi connectivity index (χ0v) is 14.8. The molecule has 4 atom stereocenters. The van der Waals surface area contributed by atoms with Crippen molar-refractivity contribution in [3.05, 3.63) is 34.2 Å². The van der Waals surface area contributed by atoms with Gasteiger partial charge in [0.2, 0.25) is 5.56 Å². The Morgan fingerprint density at radius 3 is 2.48 bits per heavy atom. The Labute approximate surface area is 148 Å². The van der Waals surface area contributed by atoms with E-state index in [4.69, 9.17) is 0 Å². The third-order valence-corrected chi connectivity index (χ3v) is 6.34. The molecule has 6 nitrogen and oxygen atoms in total.